The zero-order valence-electron chi connectivity index (χ0n) is 7.58. The number of carbonyl (C=O) groups is 1. The van der Waals surface area contributed by atoms with Gasteiger partial charge in [0.25, 0.3) is 0 Å². The second kappa shape index (κ2) is 3.88. The Morgan fingerprint density at radius 2 is 2.06 bits per heavy atom. The van der Waals surface area contributed by atoms with Crippen LogP contribution in [0.1, 0.15) is 0 Å². The van der Waals surface area contributed by atoms with E-state index in [9.17, 15) is 18.0 Å². The number of benzene rings is 1. The van der Waals surface area contributed by atoms with Gasteiger partial charge in [0.15, 0.2) is 0 Å². The monoisotopic (exact) mass is 295 g/mol. The Morgan fingerprint density at radius 1 is 1.31 bits per heavy atom. The van der Waals surface area contributed by atoms with Gasteiger partial charge in [0.1, 0.15) is 0 Å². The first-order valence-electron chi connectivity index (χ1n) is 4.08. The van der Waals surface area contributed by atoms with Crippen LogP contribution in [-0.4, -0.2) is 35.0 Å². The Hall–Kier alpha value is -1.40. The van der Waals surface area contributed by atoms with Gasteiger partial charge in [-0.2, -0.15) is 0 Å². The summed E-state index contributed by atoms with van der Waals surface area (Å²) in [5.74, 6) is -2.00. The van der Waals surface area contributed by atoms with Crippen molar-refractivity contribution < 1.29 is 18.0 Å². The fraction of sp³-hybridized carbons (Fsp3) is 0.125. The molecule has 0 radical (unpaired) electrons. The fourth-order valence-corrected chi connectivity index (χ4v) is 2.25. The molecular formula is C8H4F3N3OSe. The average molecular weight is 294 g/mol. The molecule has 0 aliphatic heterocycles. The Labute approximate surface area is 93.7 Å². The Kier molecular flexibility index (Phi) is 2.69. The first-order chi connectivity index (χ1) is 7.48. The number of hydrogen-bond acceptors (Lipinski definition) is 3. The summed E-state index contributed by atoms with van der Waals surface area (Å²) in [6.07, 6.45) is -4.90. The predicted octanol–water partition coefficient (Wildman–Crippen LogP) is 1.19. The molecule has 0 saturated heterocycles. The second-order valence-corrected chi connectivity index (χ2v) is 4.00. The number of hydrogen-bond donors (Lipinski definition) is 1. The first kappa shape index (κ1) is 11.1. The van der Waals surface area contributed by atoms with E-state index < -0.39 is 12.1 Å². The van der Waals surface area contributed by atoms with Gasteiger partial charge in [-0.3, -0.25) is 0 Å². The summed E-state index contributed by atoms with van der Waals surface area (Å²) < 4.78 is 44.0. The average Bonchev–Trinajstić information content (AvgIpc) is 2.65. The molecule has 0 aliphatic rings. The number of anilines is 1. The number of carbonyl (C=O) groups excluding carboxylic acids is 1. The van der Waals surface area contributed by atoms with E-state index in [0.717, 1.165) is 0 Å². The summed E-state index contributed by atoms with van der Waals surface area (Å²) in [5.41, 5.74) is 0.878. The maximum absolute atomic E-state index is 12.0. The van der Waals surface area contributed by atoms with Crippen LogP contribution < -0.4 is 5.32 Å². The van der Waals surface area contributed by atoms with Gasteiger partial charge in [0.2, 0.25) is 0 Å². The number of halogens is 3. The molecule has 84 valence electrons. The molecular weight excluding hydrogens is 290 g/mol. The van der Waals surface area contributed by atoms with Gasteiger partial charge < -0.3 is 0 Å². The van der Waals surface area contributed by atoms with Gasteiger partial charge in [-0.15, -0.1) is 0 Å². The quantitative estimate of drug-likeness (QED) is 0.804. The van der Waals surface area contributed by atoms with E-state index in [1.54, 1.807) is 11.4 Å². The fourth-order valence-electron chi connectivity index (χ4n) is 1.10. The molecule has 0 fully saturated rings. The van der Waals surface area contributed by atoms with Gasteiger partial charge >= 0.3 is 93.2 Å². The molecule has 0 atom stereocenters. The van der Waals surface area contributed by atoms with Gasteiger partial charge in [0.05, 0.1) is 0 Å². The molecule has 1 amide bonds. The molecule has 2 aromatic rings. The number of aromatic nitrogens is 2. The third-order valence-electron chi connectivity index (χ3n) is 1.79. The van der Waals surface area contributed by atoms with E-state index >= 15 is 0 Å². The van der Waals surface area contributed by atoms with E-state index in [2.05, 4.69) is 7.96 Å². The van der Waals surface area contributed by atoms with Crippen LogP contribution in [0.15, 0.2) is 18.2 Å². The summed E-state index contributed by atoms with van der Waals surface area (Å²) >= 11 is -0.346. The zero-order valence-corrected chi connectivity index (χ0v) is 9.29. The molecule has 1 heterocycles. The number of nitrogens with one attached hydrogen (secondary N) is 1. The SMILES string of the molecule is O=C(Nc1cccc2n[se]nc12)C(F)(F)F. The third-order valence-corrected chi connectivity index (χ3v) is 2.93. The van der Waals surface area contributed by atoms with Crippen LogP contribution in [0.5, 0.6) is 0 Å². The topological polar surface area (TPSA) is 54.9 Å². The van der Waals surface area contributed by atoms with Crippen LogP contribution in [0.4, 0.5) is 18.9 Å². The van der Waals surface area contributed by atoms with E-state index in [-0.39, 0.29) is 20.6 Å². The Balaban J connectivity index is 2.35. The molecule has 1 aromatic carbocycles. The van der Waals surface area contributed by atoms with Crippen LogP contribution in [0, 0.1) is 0 Å². The van der Waals surface area contributed by atoms with Crippen LogP contribution in [-0.2, 0) is 4.79 Å². The van der Waals surface area contributed by atoms with Crippen molar-refractivity contribution in [2.45, 2.75) is 6.18 Å². The van der Waals surface area contributed by atoms with Gasteiger partial charge in [-0.05, 0) is 0 Å². The van der Waals surface area contributed by atoms with E-state index in [1.807, 2.05) is 0 Å². The van der Waals surface area contributed by atoms with Crippen molar-refractivity contribution in [3.8, 4) is 0 Å². The molecule has 16 heavy (non-hydrogen) atoms. The minimum absolute atomic E-state index is 0.0444. The predicted molar refractivity (Wildman–Crippen MR) is 51.2 cm³/mol. The number of alkyl halides is 3. The summed E-state index contributed by atoms with van der Waals surface area (Å²) in [4.78, 5) is 10.7. The second-order valence-electron chi connectivity index (χ2n) is 2.89. The molecule has 0 spiro atoms. The van der Waals surface area contributed by atoms with Gasteiger partial charge in [-0.1, -0.05) is 0 Å². The molecule has 0 bridgehead atoms. The molecule has 0 saturated carbocycles. The van der Waals surface area contributed by atoms with E-state index in [4.69, 9.17) is 0 Å². The first-order valence-corrected chi connectivity index (χ1v) is 5.61. The number of rotatable bonds is 1. The standard InChI is InChI=1S/C8H4F3N3OSe/c9-8(10,11)7(15)12-4-2-1-3-5-6(4)14-16-13-5/h1-3H,(H,12,15). The normalized spacial score (nSPS) is 11.7. The molecule has 8 heteroatoms. The van der Waals surface area contributed by atoms with Gasteiger partial charge in [-0.25, -0.2) is 0 Å². The molecule has 0 unspecified atom stereocenters. The van der Waals surface area contributed by atoms with Crippen LogP contribution in [0.3, 0.4) is 0 Å². The molecule has 1 aromatic heterocycles. The molecule has 2 rings (SSSR count). The van der Waals surface area contributed by atoms with Crippen molar-refractivity contribution in [2.75, 3.05) is 5.32 Å². The van der Waals surface area contributed by atoms with Gasteiger partial charge in [0, 0.05) is 0 Å². The Morgan fingerprint density at radius 3 is 2.75 bits per heavy atom. The van der Waals surface area contributed by atoms with E-state index in [1.165, 1.54) is 12.1 Å². The number of fused-ring (bicyclic) bond motifs is 1. The van der Waals surface area contributed by atoms with Crippen LogP contribution >= 0.6 is 0 Å². The molecule has 1 N–H and O–H groups in total. The summed E-state index contributed by atoms with van der Waals surface area (Å²) in [6, 6.07) is 4.52. The van der Waals surface area contributed by atoms with Crippen molar-refractivity contribution in [3.05, 3.63) is 18.2 Å². The van der Waals surface area contributed by atoms with Crippen molar-refractivity contribution >= 4 is 37.6 Å². The van der Waals surface area contributed by atoms with Crippen molar-refractivity contribution in [3.63, 3.8) is 0 Å². The maximum atomic E-state index is 12.0. The summed E-state index contributed by atoms with van der Waals surface area (Å²) in [7, 11) is 0. The minimum atomic E-state index is -4.90. The number of nitrogens with zero attached hydrogens (tertiary/aromatic N) is 2. The van der Waals surface area contributed by atoms with Crippen molar-refractivity contribution in [2.24, 2.45) is 0 Å². The Bertz CT molecular complexity index is 537. The summed E-state index contributed by atoms with van der Waals surface area (Å²) in [5, 5.41) is 1.77. The van der Waals surface area contributed by atoms with Crippen molar-refractivity contribution in [1.82, 2.24) is 7.96 Å². The van der Waals surface area contributed by atoms with Crippen molar-refractivity contribution in [1.29, 1.82) is 0 Å². The summed E-state index contributed by atoms with van der Waals surface area (Å²) in [6.45, 7) is 0. The third kappa shape index (κ3) is 2.07. The van der Waals surface area contributed by atoms with Crippen LogP contribution in [0.2, 0.25) is 0 Å². The molecule has 4 nitrogen and oxygen atoms in total. The zero-order chi connectivity index (χ0) is 11.8. The van der Waals surface area contributed by atoms with Crippen LogP contribution in [0.25, 0.3) is 11.0 Å². The number of amides is 1. The van der Waals surface area contributed by atoms with E-state index in [0.29, 0.717) is 11.0 Å². The molecule has 0 aliphatic carbocycles.